The fourth-order valence-corrected chi connectivity index (χ4v) is 2.63. The third kappa shape index (κ3) is 3.30. The molecule has 20 heavy (non-hydrogen) atoms. The van der Waals surface area contributed by atoms with Crippen molar-refractivity contribution in [2.75, 3.05) is 20.8 Å². The van der Waals surface area contributed by atoms with Crippen LogP contribution in [0.3, 0.4) is 0 Å². The van der Waals surface area contributed by atoms with E-state index in [1.807, 2.05) is 11.4 Å². The van der Waals surface area contributed by atoms with Gasteiger partial charge in [-0.3, -0.25) is 4.79 Å². The Labute approximate surface area is 122 Å². The van der Waals surface area contributed by atoms with Gasteiger partial charge in [0.25, 0.3) is 5.91 Å². The van der Waals surface area contributed by atoms with Gasteiger partial charge in [0, 0.05) is 11.4 Å². The zero-order chi connectivity index (χ0) is 14.4. The van der Waals surface area contributed by atoms with E-state index in [4.69, 9.17) is 9.47 Å². The predicted molar refractivity (Wildman–Crippen MR) is 79.9 cm³/mol. The highest BCUT2D eigenvalue weighted by atomic mass is 32.1. The van der Waals surface area contributed by atoms with Gasteiger partial charge in [0.15, 0.2) is 0 Å². The van der Waals surface area contributed by atoms with Gasteiger partial charge in [-0.05, 0) is 30.0 Å². The maximum Gasteiger partial charge on any atom is 0.258 e. The van der Waals surface area contributed by atoms with Crippen LogP contribution in [0.1, 0.15) is 15.2 Å². The minimum atomic E-state index is -0.184. The molecule has 1 aromatic heterocycles. The number of benzene rings is 1. The van der Waals surface area contributed by atoms with Crippen LogP contribution in [-0.2, 0) is 6.42 Å². The van der Waals surface area contributed by atoms with Gasteiger partial charge in [0.2, 0.25) is 0 Å². The molecule has 0 aliphatic rings. The molecule has 0 atom stereocenters. The fraction of sp³-hybridized carbons (Fsp3) is 0.267. The van der Waals surface area contributed by atoms with Crippen molar-refractivity contribution >= 4 is 17.2 Å². The molecular weight excluding hydrogens is 274 g/mol. The van der Waals surface area contributed by atoms with Crippen molar-refractivity contribution in [2.45, 2.75) is 6.42 Å². The van der Waals surface area contributed by atoms with Crippen molar-refractivity contribution in [3.05, 3.63) is 46.2 Å². The monoisotopic (exact) mass is 291 g/mol. The Morgan fingerprint density at radius 2 is 1.85 bits per heavy atom. The lowest BCUT2D eigenvalue weighted by molar-refractivity contribution is 0.0948. The predicted octanol–water partition coefficient (Wildman–Crippen LogP) is 2.74. The van der Waals surface area contributed by atoms with Crippen LogP contribution >= 0.6 is 11.3 Å². The van der Waals surface area contributed by atoms with Crippen LogP contribution in [0.4, 0.5) is 0 Å². The highest BCUT2D eigenvalue weighted by Crippen LogP contribution is 2.27. The third-order valence-electron chi connectivity index (χ3n) is 2.89. The first-order chi connectivity index (χ1) is 9.76. The highest BCUT2D eigenvalue weighted by molar-refractivity contribution is 7.09. The Morgan fingerprint density at radius 1 is 1.15 bits per heavy atom. The number of hydrogen-bond acceptors (Lipinski definition) is 4. The van der Waals surface area contributed by atoms with Gasteiger partial charge < -0.3 is 14.8 Å². The number of carbonyl (C=O) groups is 1. The minimum Gasteiger partial charge on any atom is -0.496 e. The Hall–Kier alpha value is -2.01. The summed E-state index contributed by atoms with van der Waals surface area (Å²) < 4.78 is 10.4. The average Bonchev–Trinajstić information content (AvgIpc) is 2.99. The van der Waals surface area contributed by atoms with Gasteiger partial charge in [-0.15, -0.1) is 11.3 Å². The normalized spacial score (nSPS) is 10.1. The molecule has 0 radical (unpaired) electrons. The van der Waals surface area contributed by atoms with Crippen LogP contribution in [0.25, 0.3) is 0 Å². The van der Waals surface area contributed by atoms with Gasteiger partial charge in [-0.25, -0.2) is 0 Å². The molecule has 0 aliphatic carbocycles. The molecule has 0 fully saturated rings. The van der Waals surface area contributed by atoms with Crippen molar-refractivity contribution in [2.24, 2.45) is 0 Å². The Morgan fingerprint density at radius 3 is 2.40 bits per heavy atom. The Balaban J connectivity index is 2.04. The van der Waals surface area contributed by atoms with Gasteiger partial charge in [-0.1, -0.05) is 12.1 Å². The topological polar surface area (TPSA) is 47.6 Å². The zero-order valence-corrected chi connectivity index (χ0v) is 12.3. The molecule has 0 aliphatic heterocycles. The second-order valence-corrected chi connectivity index (χ2v) is 5.16. The van der Waals surface area contributed by atoms with Gasteiger partial charge >= 0.3 is 0 Å². The first-order valence-electron chi connectivity index (χ1n) is 6.28. The van der Waals surface area contributed by atoms with Crippen LogP contribution in [0.15, 0.2) is 35.7 Å². The van der Waals surface area contributed by atoms with E-state index in [9.17, 15) is 4.79 Å². The standard InChI is InChI=1S/C15H17NO3S/c1-18-12-6-3-7-13(19-2)14(12)15(17)16-9-8-11-5-4-10-20-11/h3-7,10H,8-9H2,1-2H3,(H,16,17). The number of ether oxygens (including phenoxy) is 2. The van der Waals surface area contributed by atoms with E-state index in [0.29, 0.717) is 23.6 Å². The second-order valence-electron chi connectivity index (χ2n) is 4.12. The molecule has 0 saturated carbocycles. The maximum absolute atomic E-state index is 12.3. The van der Waals surface area contributed by atoms with Gasteiger partial charge in [0.1, 0.15) is 17.1 Å². The molecule has 4 nitrogen and oxygen atoms in total. The van der Waals surface area contributed by atoms with Crippen molar-refractivity contribution in [1.82, 2.24) is 5.32 Å². The smallest absolute Gasteiger partial charge is 0.258 e. The summed E-state index contributed by atoms with van der Waals surface area (Å²) in [6.07, 6.45) is 0.820. The number of nitrogens with one attached hydrogen (secondary N) is 1. The SMILES string of the molecule is COc1cccc(OC)c1C(=O)NCCc1cccs1. The summed E-state index contributed by atoms with van der Waals surface area (Å²) in [5.41, 5.74) is 0.434. The van der Waals surface area contributed by atoms with Crippen LogP contribution < -0.4 is 14.8 Å². The van der Waals surface area contributed by atoms with E-state index in [1.165, 1.54) is 19.1 Å². The number of amides is 1. The molecular formula is C15H17NO3S. The lowest BCUT2D eigenvalue weighted by Gasteiger charge is -2.12. The van der Waals surface area contributed by atoms with Crippen molar-refractivity contribution < 1.29 is 14.3 Å². The summed E-state index contributed by atoms with van der Waals surface area (Å²) in [7, 11) is 3.08. The number of methoxy groups -OCH3 is 2. The van der Waals surface area contributed by atoms with E-state index in [2.05, 4.69) is 11.4 Å². The molecule has 1 aromatic carbocycles. The maximum atomic E-state index is 12.3. The summed E-state index contributed by atoms with van der Waals surface area (Å²) in [5.74, 6) is 0.840. The Bertz CT molecular complexity index is 544. The molecule has 0 bridgehead atoms. The summed E-state index contributed by atoms with van der Waals surface area (Å²) in [4.78, 5) is 13.5. The summed E-state index contributed by atoms with van der Waals surface area (Å²) in [6.45, 7) is 0.584. The lowest BCUT2D eigenvalue weighted by atomic mass is 10.1. The van der Waals surface area contributed by atoms with Gasteiger partial charge in [-0.2, -0.15) is 0 Å². The zero-order valence-electron chi connectivity index (χ0n) is 11.5. The van der Waals surface area contributed by atoms with Gasteiger partial charge in [0.05, 0.1) is 14.2 Å². The molecule has 0 unspecified atom stereocenters. The van der Waals surface area contributed by atoms with E-state index in [0.717, 1.165) is 6.42 Å². The van der Waals surface area contributed by atoms with Crippen LogP contribution in [0.2, 0.25) is 0 Å². The summed E-state index contributed by atoms with van der Waals surface area (Å²) in [6, 6.07) is 9.35. The molecule has 5 heteroatoms. The quantitative estimate of drug-likeness (QED) is 0.890. The molecule has 0 spiro atoms. The molecule has 2 rings (SSSR count). The summed E-state index contributed by atoms with van der Waals surface area (Å²) >= 11 is 1.69. The molecule has 1 heterocycles. The van der Waals surface area contributed by atoms with E-state index < -0.39 is 0 Å². The fourth-order valence-electron chi connectivity index (χ4n) is 1.92. The van der Waals surface area contributed by atoms with E-state index in [-0.39, 0.29) is 5.91 Å². The number of rotatable bonds is 6. The number of hydrogen-bond donors (Lipinski definition) is 1. The largest absolute Gasteiger partial charge is 0.496 e. The minimum absolute atomic E-state index is 0.184. The van der Waals surface area contributed by atoms with Crippen LogP contribution in [0.5, 0.6) is 11.5 Å². The second kappa shape index (κ2) is 6.96. The third-order valence-corrected chi connectivity index (χ3v) is 3.83. The first kappa shape index (κ1) is 14.4. The van der Waals surface area contributed by atoms with E-state index in [1.54, 1.807) is 29.5 Å². The van der Waals surface area contributed by atoms with Crippen LogP contribution in [0, 0.1) is 0 Å². The van der Waals surface area contributed by atoms with Crippen molar-refractivity contribution in [3.8, 4) is 11.5 Å². The summed E-state index contributed by atoms with van der Waals surface area (Å²) in [5, 5.41) is 4.92. The van der Waals surface area contributed by atoms with E-state index >= 15 is 0 Å². The van der Waals surface area contributed by atoms with Crippen molar-refractivity contribution in [3.63, 3.8) is 0 Å². The first-order valence-corrected chi connectivity index (χ1v) is 7.15. The van der Waals surface area contributed by atoms with Crippen molar-refractivity contribution in [1.29, 1.82) is 0 Å². The molecule has 1 N–H and O–H groups in total. The molecule has 1 amide bonds. The Kier molecular flexibility index (Phi) is 5.01. The molecule has 2 aromatic rings. The number of carbonyl (C=O) groups excluding carboxylic acids is 1. The molecule has 106 valence electrons. The highest BCUT2D eigenvalue weighted by Gasteiger charge is 2.17. The van der Waals surface area contributed by atoms with Crippen LogP contribution in [-0.4, -0.2) is 26.7 Å². The average molecular weight is 291 g/mol. The number of thiophene rings is 1. The lowest BCUT2D eigenvalue weighted by Crippen LogP contribution is -2.26. The molecule has 0 saturated heterocycles.